The second-order valence-electron chi connectivity index (χ2n) is 7.19. The van der Waals surface area contributed by atoms with Crippen LogP contribution in [0.3, 0.4) is 0 Å². The van der Waals surface area contributed by atoms with E-state index in [-0.39, 0.29) is 11.7 Å². The van der Waals surface area contributed by atoms with E-state index in [9.17, 15) is 4.79 Å². The summed E-state index contributed by atoms with van der Waals surface area (Å²) in [7, 11) is 3.98. The zero-order valence-corrected chi connectivity index (χ0v) is 15.7. The van der Waals surface area contributed by atoms with Crippen LogP contribution in [0, 0.1) is 0 Å². The minimum absolute atomic E-state index is 0.0562. The van der Waals surface area contributed by atoms with Gasteiger partial charge in [0.1, 0.15) is 5.75 Å². The van der Waals surface area contributed by atoms with Crippen molar-refractivity contribution in [1.82, 2.24) is 0 Å². The van der Waals surface area contributed by atoms with Gasteiger partial charge in [-0.1, -0.05) is 42.5 Å². The summed E-state index contributed by atoms with van der Waals surface area (Å²) < 4.78 is 5.90. The third-order valence-corrected chi connectivity index (χ3v) is 5.13. The fourth-order valence-corrected chi connectivity index (χ4v) is 3.69. The van der Waals surface area contributed by atoms with E-state index >= 15 is 0 Å². The number of carbonyl (C=O) groups is 1. The molecule has 0 spiro atoms. The first-order chi connectivity index (χ1) is 13.1. The van der Waals surface area contributed by atoms with Crippen molar-refractivity contribution >= 4 is 11.5 Å². The number of ketones is 1. The summed E-state index contributed by atoms with van der Waals surface area (Å²) in [4.78, 5) is 15.2. The molecule has 1 aliphatic rings. The first-order valence-electron chi connectivity index (χ1n) is 9.25. The molecule has 0 unspecified atom stereocenters. The molecule has 0 saturated heterocycles. The summed E-state index contributed by atoms with van der Waals surface area (Å²) in [5.74, 6) is 1.09. The van der Waals surface area contributed by atoms with Crippen LogP contribution in [0.1, 0.15) is 33.0 Å². The molecule has 3 aromatic carbocycles. The Morgan fingerprint density at radius 3 is 2.41 bits per heavy atom. The lowest BCUT2D eigenvalue weighted by molar-refractivity contribution is 0.103. The number of hydrogen-bond acceptors (Lipinski definition) is 3. The molecular formula is C24H23NO2. The highest BCUT2D eigenvalue weighted by Crippen LogP contribution is 2.39. The van der Waals surface area contributed by atoms with Gasteiger partial charge in [-0.2, -0.15) is 0 Å². The van der Waals surface area contributed by atoms with Crippen LogP contribution >= 0.6 is 0 Å². The van der Waals surface area contributed by atoms with Crippen molar-refractivity contribution in [2.75, 3.05) is 25.6 Å². The Morgan fingerprint density at radius 2 is 1.70 bits per heavy atom. The van der Waals surface area contributed by atoms with Crippen molar-refractivity contribution < 1.29 is 9.53 Å². The Hall–Kier alpha value is -3.07. The lowest BCUT2D eigenvalue weighted by Gasteiger charge is -2.14. The summed E-state index contributed by atoms with van der Waals surface area (Å²) >= 11 is 0. The number of rotatable bonds is 5. The molecular weight excluding hydrogens is 334 g/mol. The Bertz CT molecular complexity index is 946. The molecule has 136 valence electrons. The molecule has 27 heavy (non-hydrogen) atoms. The van der Waals surface area contributed by atoms with E-state index in [2.05, 4.69) is 24.3 Å². The topological polar surface area (TPSA) is 29.5 Å². The predicted molar refractivity (Wildman–Crippen MR) is 109 cm³/mol. The summed E-state index contributed by atoms with van der Waals surface area (Å²) in [6.07, 6.45) is 0.873. The Morgan fingerprint density at radius 1 is 0.963 bits per heavy atom. The highest BCUT2D eigenvalue weighted by molar-refractivity contribution is 6.10. The summed E-state index contributed by atoms with van der Waals surface area (Å²) in [5.41, 5.74) is 4.85. The highest BCUT2D eigenvalue weighted by Gasteiger charge is 2.29. The average molecular weight is 357 g/mol. The SMILES string of the molecule is CN(C)c1ccc(C(=O)c2cccc3c2[C@H](Cc2ccccc2)CO3)cc1. The highest BCUT2D eigenvalue weighted by atomic mass is 16.5. The number of hydrogen-bond donors (Lipinski definition) is 0. The van der Waals surface area contributed by atoms with Crippen LogP contribution in [-0.2, 0) is 6.42 Å². The molecule has 0 amide bonds. The van der Waals surface area contributed by atoms with Gasteiger partial charge in [-0.3, -0.25) is 4.79 Å². The molecule has 0 aliphatic carbocycles. The molecule has 3 nitrogen and oxygen atoms in total. The molecule has 3 heteroatoms. The second-order valence-corrected chi connectivity index (χ2v) is 7.19. The monoisotopic (exact) mass is 357 g/mol. The molecule has 0 saturated carbocycles. The van der Waals surface area contributed by atoms with E-state index in [1.54, 1.807) is 0 Å². The van der Waals surface area contributed by atoms with Crippen molar-refractivity contribution in [2.45, 2.75) is 12.3 Å². The molecule has 0 bridgehead atoms. The van der Waals surface area contributed by atoms with Crippen molar-refractivity contribution in [2.24, 2.45) is 0 Å². The van der Waals surface area contributed by atoms with Gasteiger partial charge >= 0.3 is 0 Å². The smallest absolute Gasteiger partial charge is 0.193 e. The lowest BCUT2D eigenvalue weighted by atomic mass is 9.87. The number of anilines is 1. The van der Waals surface area contributed by atoms with Gasteiger partial charge in [0.05, 0.1) is 6.61 Å². The normalized spacial score (nSPS) is 15.1. The Balaban J connectivity index is 1.66. The third-order valence-electron chi connectivity index (χ3n) is 5.13. The predicted octanol–water partition coefficient (Wildman–Crippen LogP) is 4.70. The first kappa shape index (κ1) is 17.3. The van der Waals surface area contributed by atoms with Crippen LogP contribution in [-0.4, -0.2) is 26.5 Å². The van der Waals surface area contributed by atoms with Gasteiger partial charge in [0.2, 0.25) is 0 Å². The van der Waals surface area contributed by atoms with Crippen LogP contribution in [0.5, 0.6) is 5.75 Å². The quantitative estimate of drug-likeness (QED) is 0.620. The van der Waals surface area contributed by atoms with Gasteiger partial charge in [-0.25, -0.2) is 0 Å². The van der Waals surface area contributed by atoms with Crippen molar-refractivity contribution in [3.63, 3.8) is 0 Å². The molecule has 1 aliphatic heterocycles. The maximum absolute atomic E-state index is 13.2. The maximum atomic E-state index is 13.2. The molecule has 3 aromatic rings. The average Bonchev–Trinajstić information content (AvgIpc) is 3.11. The van der Waals surface area contributed by atoms with Gasteiger partial charge in [0.25, 0.3) is 0 Å². The first-order valence-corrected chi connectivity index (χ1v) is 9.25. The molecule has 1 atom stereocenters. The molecule has 0 fully saturated rings. The largest absolute Gasteiger partial charge is 0.493 e. The van der Waals surface area contributed by atoms with Gasteiger partial charge < -0.3 is 9.64 Å². The van der Waals surface area contributed by atoms with Crippen molar-refractivity contribution in [1.29, 1.82) is 0 Å². The number of fused-ring (bicyclic) bond motifs is 1. The molecule has 0 aromatic heterocycles. The van der Waals surface area contributed by atoms with E-state index in [0.717, 1.165) is 29.0 Å². The maximum Gasteiger partial charge on any atom is 0.193 e. The summed E-state index contributed by atoms with van der Waals surface area (Å²) in [6.45, 7) is 0.619. The summed E-state index contributed by atoms with van der Waals surface area (Å²) in [6, 6.07) is 23.9. The third kappa shape index (κ3) is 3.45. The number of nitrogens with zero attached hydrogens (tertiary/aromatic N) is 1. The Labute approximate surface area is 160 Å². The fourth-order valence-electron chi connectivity index (χ4n) is 3.69. The van der Waals surface area contributed by atoms with Gasteiger partial charge in [0, 0.05) is 42.4 Å². The van der Waals surface area contributed by atoms with Gasteiger partial charge in [-0.15, -0.1) is 0 Å². The number of benzene rings is 3. The van der Waals surface area contributed by atoms with E-state index in [0.29, 0.717) is 12.2 Å². The number of carbonyl (C=O) groups excluding carboxylic acids is 1. The molecule has 0 N–H and O–H groups in total. The number of ether oxygens (including phenoxy) is 1. The van der Waals surface area contributed by atoms with E-state index in [1.165, 1.54) is 5.56 Å². The van der Waals surface area contributed by atoms with Crippen LogP contribution < -0.4 is 9.64 Å². The standard InChI is InChI=1S/C24H23NO2/c1-25(2)20-13-11-18(12-14-20)24(26)21-9-6-10-22-23(21)19(16-27-22)15-17-7-4-3-5-8-17/h3-14,19H,15-16H2,1-2H3/t19-/m1/s1. The summed E-state index contributed by atoms with van der Waals surface area (Å²) in [5, 5.41) is 0. The minimum atomic E-state index is 0.0562. The van der Waals surface area contributed by atoms with Crippen LogP contribution in [0.15, 0.2) is 72.8 Å². The molecule has 4 rings (SSSR count). The van der Waals surface area contributed by atoms with Crippen LogP contribution in [0.4, 0.5) is 5.69 Å². The zero-order valence-electron chi connectivity index (χ0n) is 15.7. The fraction of sp³-hybridized carbons (Fsp3) is 0.208. The Kier molecular flexibility index (Phi) is 4.68. The van der Waals surface area contributed by atoms with Gasteiger partial charge in [-0.05, 0) is 42.3 Å². The van der Waals surface area contributed by atoms with Gasteiger partial charge in [0.15, 0.2) is 5.78 Å². The van der Waals surface area contributed by atoms with Crippen LogP contribution in [0.2, 0.25) is 0 Å². The van der Waals surface area contributed by atoms with E-state index in [1.807, 2.05) is 67.5 Å². The van der Waals surface area contributed by atoms with E-state index in [4.69, 9.17) is 4.74 Å². The lowest BCUT2D eigenvalue weighted by Crippen LogP contribution is -2.11. The second kappa shape index (κ2) is 7.28. The van der Waals surface area contributed by atoms with E-state index < -0.39 is 0 Å². The molecule has 0 radical (unpaired) electrons. The van der Waals surface area contributed by atoms with Crippen LogP contribution in [0.25, 0.3) is 0 Å². The minimum Gasteiger partial charge on any atom is -0.493 e. The zero-order chi connectivity index (χ0) is 18.8. The molecule has 1 heterocycles. The van der Waals surface area contributed by atoms with Crippen molar-refractivity contribution in [3.8, 4) is 5.75 Å². The van der Waals surface area contributed by atoms with Crippen molar-refractivity contribution in [3.05, 3.63) is 95.1 Å².